The van der Waals surface area contributed by atoms with Crippen LogP contribution < -0.4 is 5.32 Å². The number of hydrogen-bond donors (Lipinski definition) is 1. The highest BCUT2D eigenvalue weighted by molar-refractivity contribution is 5.39. The van der Waals surface area contributed by atoms with Gasteiger partial charge in [0.15, 0.2) is 0 Å². The van der Waals surface area contributed by atoms with Crippen molar-refractivity contribution in [3.8, 4) is 0 Å². The third kappa shape index (κ3) is 1.81. The van der Waals surface area contributed by atoms with Crippen LogP contribution in [-0.2, 0) is 5.41 Å². The van der Waals surface area contributed by atoms with Crippen molar-refractivity contribution in [2.24, 2.45) is 5.41 Å². The van der Waals surface area contributed by atoms with Crippen molar-refractivity contribution in [3.05, 3.63) is 35.4 Å². The molecule has 3 rings (SSSR count). The van der Waals surface area contributed by atoms with Gasteiger partial charge < -0.3 is 5.32 Å². The predicted molar refractivity (Wildman–Crippen MR) is 72.3 cm³/mol. The van der Waals surface area contributed by atoms with Crippen molar-refractivity contribution in [2.45, 2.75) is 44.9 Å². The Morgan fingerprint density at radius 3 is 2.47 bits per heavy atom. The Hall–Kier alpha value is -0.820. The second-order valence-corrected chi connectivity index (χ2v) is 6.23. The Labute approximate surface area is 105 Å². The number of benzene rings is 1. The highest BCUT2D eigenvalue weighted by Crippen LogP contribution is 2.68. The highest BCUT2D eigenvalue weighted by atomic mass is 14.9. The average molecular weight is 229 g/mol. The SMILES string of the molecule is CCNCC1(c2ccccc2C)CC2(CC2)C1. The van der Waals surface area contributed by atoms with Crippen molar-refractivity contribution in [1.29, 1.82) is 0 Å². The van der Waals surface area contributed by atoms with Crippen LogP contribution in [0.5, 0.6) is 0 Å². The standard InChI is InChI=1S/C16H23N/c1-3-17-12-16(10-15(11-16)8-9-15)14-7-5-4-6-13(14)2/h4-7,17H,3,8-12H2,1-2H3. The zero-order valence-electron chi connectivity index (χ0n) is 11.1. The molecule has 17 heavy (non-hydrogen) atoms. The normalized spacial score (nSPS) is 23.4. The Balaban J connectivity index is 1.86. The van der Waals surface area contributed by atoms with Crippen molar-refractivity contribution in [1.82, 2.24) is 5.32 Å². The summed E-state index contributed by atoms with van der Waals surface area (Å²) in [6, 6.07) is 8.97. The summed E-state index contributed by atoms with van der Waals surface area (Å²) in [6.07, 6.45) is 5.79. The van der Waals surface area contributed by atoms with Gasteiger partial charge in [0, 0.05) is 12.0 Å². The molecule has 1 heteroatoms. The molecule has 2 aliphatic carbocycles. The fourth-order valence-corrected chi connectivity index (χ4v) is 3.86. The van der Waals surface area contributed by atoms with Crippen LogP contribution >= 0.6 is 0 Å². The first kappa shape index (κ1) is 11.3. The molecule has 0 radical (unpaired) electrons. The van der Waals surface area contributed by atoms with E-state index in [2.05, 4.69) is 43.4 Å². The highest BCUT2D eigenvalue weighted by Gasteiger charge is 2.61. The molecule has 0 aromatic heterocycles. The molecule has 0 heterocycles. The van der Waals surface area contributed by atoms with Crippen LogP contribution in [0.4, 0.5) is 0 Å². The molecule has 0 aliphatic heterocycles. The Morgan fingerprint density at radius 2 is 1.88 bits per heavy atom. The Morgan fingerprint density at radius 1 is 1.18 bits per heavy atom. The summed E-state index contributed by atoms with van der Waals surface area (Å²) in [7, 11) is 0. The van der Waals surface area contributed by atoms with E-state index in [4.69, 9.17) is 0 Å². The number of aryl methyl sites for hydroxylation is 1. The van der Waals surface area contributed by atoms with E-state index in [-0.39, 0.29) is 0 Å². The minimum absolute atomic E-state index is 0.442. The quantitative estimate of drug-likeness (QED) is 0.834. The number of likely N-dealkylation sites (N-methyl/N-ethyl adjacent to an activating group) is 1. The van der Waals surface area contributed by atoms with Gasteiger partial charge in [-0.05, 0) is 55.7 Å². The lowest BCUT2D eigenvalue weighted by molar-refractivity contribution is 0.116. The van der Waals surface area contributed by atoms with Crippen LogP contribution in [0, 0.1) is 12.3 Å². The molecule has 2 fully saturated rings. The summed E-state index contributed by atoms with van der Waals surface area (Å²) in [4.78, 5) is 0. The molecule has 0 bridgehead atoms. The summed E-state index contributed by atoms with van der Waals surface area (Å²) in [5.41, 5.74) is 4.27. The van der Waals surface area contributed by atoms with E-state index in [1.54, 1.807) is 5.56 Å². The van der Waals surface area contributed by atoms with Crippen LogP contribution in [0.3, 0.4) is 0 Å². The van der Waals surface area contributed by atoms with Crippen molar-refractivity contribution in [3.63, 3.8) is 0 Å². The van der Waals surface area contributed by atoms with Gasteiger partial charge in [-0.1, -0.05) is 31.2 Å². The maximum Gasteiger partial charge on any atom is 0.00909 e. The predicted octanol–water partition coefficient (Wildman–Crippen LogP) is 3.42. The molecule has 92 valence electrons. The molecule has 0 amide bonds. The van der Waals surface area contributed by atoms with E-state index >= 15 is 0 Å². The van der Waals surface area contributed by atoms with Crippen LogP contribution in [0.15, 0.2) is 24.3 Å². The van der Waals surface area contributed by atoms with Crippen LogP contribution in [0.25, 0.3) is 0 Å². The molecule has 1 aromatic rings. The fraction of sp³-hybridized carbons (Fsp3) is 0.625. The lowest BCUT2D eigenvalue weighted by atomic mass is 9.55. The van der Waals surface area contributed by atoms with Gasteiger partial charge in [-0.15, -0.1) is 0 Å². The van der Waals surface area contributed by atoms with Gasteiger partial charge in [0.1, 0.15) is 0 Å². The van der Waals surface area contributed by atoms with Gasteiger partial charge in [0.25, 0.3) is 0 Å². The van der Waals surface area contributed by atoms with E-state index in [1.807, 2.05) is 0 Å². The lowest BCUT2D eigenvalue weighted by Gasteiger charge is -2.50. The van der Waals surface area contributed by atoms with E-state index in [0.717, 1.165) is 18.5 Å². The largest absolute Gasteiger partial charge is 0.316 e. The third-order valence-corrected chi connectivity index (χ3v) is 4.81. The summed E-state index contributed by atoms with van der Waals surface area (Å²) in [5, 5.41) is 3.58. The second-order valence-electron chi connectivity index (χ2n) is 6.23. The minimum Gasteiger partial charge on any atom is -0.316 e. The van der Waals surface area contributed by atoms with Gasteiger partial charge in [-0.3, -0.25) is 0 Å². The average Bonchev–Trinajstić information content (AvgIpc) is 3.05. The number of nitrogens with one attached hydrogen (secondary N) is 1. The smallest absolute Gasteiger partial charge is 0.00909 e. The first-order valence-corrected chi connectivity index (χ1v) is 6.97. The molecular formula is C16H23N. The molecule has 0 saturated heterocycles. The monoisotopic (exact) mass is 229 g/mol. The third-order valence-electron chi connectivity index (χ3n) is 4.81. The first-order chi connectivity index (χ1) is 8.20. The summed E-state index contributed by atoms with van der Waals surface area (Å²) in [6.45, 7) is 6.72. The number of rotatable bonds is 4. The van der Waals surface area contributed by atoms with Crippen LogP contribution in [0.2, 0.25) is 0 Å². The van der Waals surface area contributed by atoms with Gasteiger partial charge in [-0.25, -0.2) is 0 Å². The molecule has 1 aromatic carbocycles. The summed E-state index contributed by atoms with van der Waals surface area (Å²) < 4.78 is 0. The van der Waals surface area contributed by atoms with E-state index in [1.165, 1.54) is 31.2 Å². The van der Waals surface area contributed by atoms with E-state index in [9.17, 15) is 0 Å². The maximum absolute atomic E-state index is 3.58. The van der Waals surface area contributed by atoms with Crippen molar-refractivity contribution >= 4 is 0 Å². The fourth-order valence-electron chi connectivity index (χ4n) is 3.86. The molecule has 0 unspecified atom stereocenters. The molecule has 1 N–H and O–H groups in total. The Kier molecular flexibility index (Phi) is 2.55. The topological polar surface area (TPSA) is 12.0 Å². The van der Waals surface area contributed by atoms with Crippen LogP contribution in [-0.4, -0.2) is 13.1 Å². The minimum atomic E-state index is 0.442. The second kappa shape index (κ2) is 3.84. The van der Waals surface area contributed by atoms with E-state index in [0.29, 0.717) is 5.41 Å². The molecule has 1 spiro atoms. The number of hydrogen-bond acceptors (Lipinski definition) is 1. The lowest BCUT2D eigenvalue weighted by Crippen LogP contribution is -2.50. The summed E-state index contributed by atoms with van der Waals surface area (Å²) >= 11 is 0. The molecule has 2 saturated carbocycles. The molecule has 1 nitrogen and oxygen atoms in total. The van der Waals surface area contributed by atoms with E-state index < -0.39 is 0 Å². The van der Waals surface area contributed by atoms with Gasteiger partial charge >= 0.3 is 0 Å². The van der Waals surface area contributed by atoms with Gasteiger partial charge in [0.05, 0.1) is 0 Å². The van der Waals surface area contributed by atoms with Gasteiger partial charge in [0.2, 0.25) is 0 Å². The molecule has 0 atom stereocenters. The first-order valence-electron chi connectivity index (χ1n) is 6.97. The maximum atomic E-state index is 3.58. The zero-order chi connectivity index (χ0) is 11.9. The van der Waals surface area contributed by atoms with Crippen molar-refractivity contribution in [2.75, 3.05) is 13.1 Å². The molecule has 2 aliphatic rings. The summed E-state index contributed by atoms with van der Waals surface area (Å²) in [5.74, 6) is 0. The Bertz CT molecular complexity index is 409. The zero-order valence-corrected chi connectivity index (χ0v) is 11.1. The van der Waals surface area contributed by atoms with Gasteiger partial charge in [-0.2, -0.15) is 0 Å². The van der Waals surface area contributed by atoms with Crippen LogP contribution in [0.1, 0.15) is 43.7 Å². The van der Waals surface area contributed by atoms with Crippen molar-refractivity contribution < 1.29 is 0 Å². The molecular weight excluding hydrogens is 206 g/mol.